The van der Waals surface area contributed by atoms with E-state index in [0.29, 0.717) is 11.5 Å². The summed E-state index contributed by atoms with van der Waals surface area (Å²) < 4.78 is 5.55. The molecule has 0 aliphatic heterocycles. The van der Waals surface area contributed by atoms with Crippen molar-refractivity contribution in [3.8, 4) is 0 Å². The van der Waals surface area contributed by atoms with Crippen LogP contribution in [0.15, 0.2) is 0 Å². The summed E-state index contributed by atoms with van der Waals surface area (Å²) in [4.78, 5) is 0. The number of hydrogen-bond acceptors (Lipinski definition) is 2. The molecule has 0 atom stereocenters. The minimum atomic E-state index is 0.376. The average molecular weight is 284 g/mol. The SMILES string of the molecule is CC(C)OCCCCNCC1CCC(C(C)(C)C)CC1. The predicted molar refractivity (Wildman–Crippen MR) is 88.1 cm³/mol. The Kier molecular flexibility index (Phi) is 8.13. The molecule has 0 aromatic heterocycles. The number of ether oxygens (including phenoxy) is 1. The molecule has 2 heteroatoms. The number of hydrogen-bond donors (Lipinski definition) is 1. The molecular formula is C18H37NO. The summed E-state index contributed by atoms with van der Waals surface area (Å²) >= 11 is 0. The van der Waals surface area contributed by atoms with Crippen LogP contribution in [0.25, 0.3) is 0 Å². The fraction of sp³-hybridized carbons (Fsp3) is 1.00. The Hall–Kier alpha value is -0.0800. The van der Waals surface area contributed by atoms with E-state index in [4.69, 9.17) is 4.74 Å². The molecule has 1 aliphatic rings. The van der Waals surface area contributed by atoms with E-state index < -0.39 is 0 Å². The second kappa shape index (κ2) is 9.04. The first-order valence-corrected chi connectivity index (χ1v) is 8.72. The van der Waals surface area contributed by atoms with Crippen molar-refractivity contribution in [2.45, 2.75) is 79.2 Å². The van der Waals surface area contributed by atoms with Crippen molar-refractivity contribution in [1.82, 2.24) is 5.32 Å². The van der Waals surface area contributed by atoms with Crippen LogP contribution in [-0.2, 0) is 4.74 Å². The van der Waals surface area contributed by atoms with E-state index in [1.165, 1.54) is 45.1 Å². The van der Waals surface area contributed by atoms with Gasteiger partial charge in [-0.15, -0.1) is 0 Å². The molecule has 0 aromatic carbocycles. The van der Waals surface area contributed by atoms with Gasteiger partial charge in [0.1, 0.15) is 0 Å². The first kappa shape index (κ1) is 18.0. The minimum Gasteiger partial charge on any atom is -0.379 e. The van der Waals surface area contributed by atoms with E-state index in [-0.39, 0.29) is 0 Å². The summed E-state index contributed by atoms with van der Waals surface area (Å²) in [5.74, 6) is 1.85. The fourth-order valence-corrected chi connectivity index (χ4v) is 3.21. The van der Waals surface area contributed by atoms with Gasteiger partial charge in [0, 0.05) is 6.61 Å². The van der Waals surface area contributed by atoms with Crippen molar-refractivity contribution < 1.29 is 4.74 Å². The van der Waals surface area contributed by atoms with Crippen LogP contribution in [0.2, 0.25) is 0 Å². The van der Waals surface area contributed by atoms with Gasteiger partial charge in [-0.2, -0.15) is 0 Å². The van der Waals surface area contributed by atoms with E-state index in [2.05, 4.69) is 39.9 Å². The molecule has 0 amide bonds. The number of nitrogens with one attached hydrogen (secondary N) is 1. The van der Waals surface area contributed by atoms with Gasteiger partial charge in [-0.25, -0.2) is 0 Å². The lowest BCUT2D eigenvalue weighted by Crippen LogP contribution is -2.31. The molecule has 0 spiro atoms. The van der Waals surface area contributed by atoms with Gasteiger partial charge in [-0.1, -0.05) is 20.8 Å². The van der Waals surface area contributed by atoms with Crippen LogP contribution in [0.5, 0.6) is 0 Å². The van der Waals surface area contributed by atoms with Crippen LogP contribution in [-0.4, -0.2) is 25.8 Å². The highest BCUT2D eigenvalue weighted by Gasteiger charge is 2.29. The quantitative estimate of drug-likeness (QED) is 0.656. The van der Waals surface area contributed by atoms with E-state index in [9.17, 15) is 0 Å². The minimum absolute atomic E-state index is 0.376. The predicted octanol–water partition coefficient (Wildman–Crippen LogP) is 4.63. The van der Waals surface area contributed by atoms with Crippen molar-refractivity contribution in [3.05, 3.63) is 0 Å². The van der Waals surface area contributed by atoms with Crippen LogP contribution < -0.4 is 5.32 Å². The van der Waals surface area contributed by atoms with Gasteiger partial charge in [0.2, 0.25) is 0 Å². The number of unbranched alkanes of at least 4 members (excludes halogenated alkanes) is 1. The van der Waals surface area contributed by atoms with Crippen LogP contribution in [0.1, 0.15) is 73.1 Å². The van der Waals surface area contributed by atoms with Crippen LogP contribution in [0.3, 0.4) is 0 Å². The van der Waals surface area contributed by atoms with E-state index in [0.717, 1.165) is 25.0 Å². The smallest absolute Gasteiger partial charge is 0.0518 e. The topological polar surface area (TPSA) is 21.3 Å². The Morgan fingerprint density at radius 2 is 1.70 bits per heavy atom. The maximum Gasteiger partial charge on any atom is 0.0518 e. The van der Waals surface area contributed by atoms with Gasteiger partial charge >= 0.3 is 0 Å². The summed E-state index contributed by atoms with van der Waals surface area (Å²) in [6.45, 7) is 14.7. The largest absolute Gasteiger partial charge is 0.379 e. The van der Waals surface area contributed by atoms with Crippen molar-refractivity contribution >= 4 is 0 Å². The Balaban J connectivity index is 1.97. The van der Waals surface area contributed by atoms with Crippen molar-refractivity contribution in [3.63, 3.8) is 0 Å². The van der Waals surface area contributed by atoms with Gasteiger partial charge < -0.3 is 10.1 Å². The molecule has 2 nitrogen and oxygen atoms in total. The summed E-state index contributed by atoms with van der Waals surface area (Å²) in [7, 11) is 0. The van der Waals surface area contributed by atoms with Crippen LogP contribution in [0.4, 0.5) is 0 Å². The molecule has 0 bridgehead atoms. The molecule has 20 heavy (non-hydrogen) atoms. The summed E-state index contributed by atoms with van der Waals surface area (Å²) in [5, 5.41) is 3.64. The van der Waals surface area contributed by atoms with Crippen LogP contribution in [0, 0.1) is 17.3 Å². The van der Waals surface area contributed by atoms with Gasteiger partial charge in [-0.3, -0.25) is 0 Å². The molecule has 0 unspecified atom stereocenters. The fourth-order valence-electron chi connectivity index (χ4n) is 3.21. The average Bonchev–Trinajstić information content (AvgIpc) is 2.37. The maximum atomic E-state index is 5.55. The lowest BCUT2D eigenvalue weighted by Gasteiger charge is -2.37. The summed E-state index contributed by atoms with van der Waals surface area (Å²) in [6.07, 6.45) is 8.50. The molecule has 0 heterocycles. The molecule has 1 fully saturated rings. The maximum absolute atomic E-state index is 5.55. The second-order valence-electron chi connectivity index (χ2n) is 7.91. The molecule has 120 valence electrons. The van der Waals surface area contributed by atoms with Crippen molar-refractivity contribution in [2.24, 2.45) is 17.3 Å². The van der Waals surface area contributed by atoms with Crippen molar-refractivity contribution in [1.29, 1.82) is 0 Å². The van der Waals surface area contributed by atoms with Crippen LogP contribution >= 0.6 is 0 Å². The lowest BCUT2D eigenvalue weighted by molar-refractivity contribution is 0.0759. The molecule has 1 rings (SSSR count). The Morgan fingerprint density at radius 3 is 2.25 bits per heavy atom. The van der Waals surface area contributed by atoms with E-state index >= 15 is 0 Å². The molecule has 1 N–H and O–H groups in total. The Morgan fingerprint density at radius 1 is 1.05 bits per heavy atom. The Labute approximate surface area is 127 Å². The van der Waals surface area contributed by atoms with Gasteiger partial charge in [0.15, 0.2) is 0 Å². The molecular weight excluding hydrogens is 246 g/mol. The highest BCUT2D eigenvalue weighted by Crippen LogP contribution is 2.39. The van der Waals surface area contributed by atoms with Crippen molar-refractivity contribution in [2.75, 3.05) is 19.7 Å². The zero-order valence-electron chi connectivity index (χ0n) is 14.5. The zero-order valence-corrected chi connectivity index (χ0v) is 14.5. The third kappa shape index (κ3) is 7.64. The monoisotopic (exact) mass is 283 g/mol. The molecule has 0 radical (unpaired) electrons. The first-order chi connectivity index (χ1) is 9.39. The van der Waals surface area contributed by atoms with E-state index in [1.807, 2.05) is 0 Å². The third-order valence-corrected chi connectivity index (χ3v) is 4.70. The normalized spacial score (nSPS) is 24.3. The molecule has 0 saturated heterocycles. The molecule has 0 aromatic rings. The first-order valence-electron chi connectivity index (χ1n) is 8.72. The van der Waals surface area contributed by atoms with Gasteiger partial charge in [0.25, 0.3) is 0 Å². The lowest BCUT2D eigenvalue weighted by atomic mass is 9.70. The highest BCUT2D eigenvalue weighted by atomic mass is 16.5. The zero-order chi connectivity index (χ0) is 15.0. The highest BCUT2D eigenvalue weighted by molar-refractivity contribution is 4.81. The number of rotatable bonds is 8. The van der Waals surface area contributed by atoms with E-state index in [1.54, 1.807) is 0 Å². The third-order valence-electron chi connectivity index (χ3n) is 4.70. The standard InChI is InChI=1S/C18H37NO/c1-15(2)20-13-7-6-12-19-14-16-8-10-17(11-9-16)18(3,4)5/h15-17,19H,6-14H2,1-5H3. The molecule has 1 saturated carbocycles. The Bertz CT molecular complexity index is 236. The second-order valence-corrected chi connectivity index (χ2v) is 7.91. The summed E-state index contributed by atoms with van der Waals surface area (Å²) in [5.41, 5.74) is 0.509. The summed E-state index contributed by atoms with van der Waals surface area (Å²) in [6, 6.07) is 0. The van der Waals surface area contributed by atoms with Gasteiger partial charge in [-0.05, 0) is 82.7 Å². The van der Waals surface area contributed by atoms with Gasteiger partial charge in [0.05, 0.1) is 6.10 Å². The molecule has 1 aliphatic carbocycles.